The van der Waals surface area contributed by atoms with E-state index >= 15 is 0 Å². The molecule has 3 nitrogen and oxygen atoms in total. The van der Waals surface area contributed by atoms with Crippen molar-refractivity contribution < 1.29 is 4.74 Å². The molecule has 1 N–H and O–H groups in total. The summed E-state index contributed by atoms with van der Waals surface area (Å²) in [5.74, 6) is 0.923. The molecule has 0 unspecified atom stereocenters. The van der Waals surface area contributed by atoms with Gasteiger partial charge in [0.15, 0.2) is 0 Å². The van der Waals surface area contributed by atoms with E-state index < -0.39 is 0 Å². The predicted molar refractivity (Wildman–Crippen MR) is 82.0 cm³/mol. The van der Waals surface area contributed by atoms with Crippen molar-refractivity contribution in [2.45, 2.75) is 32.7 Å². The quantitative estimate of drug-likeness (QED) is 0.819. The van der Waals surface area contributed by atoms with Crippen LogP contribution in [0.1, 0.15) is 26.3 Å². The summed E-state index contributed by atoms with van der Waals surface area (Å²) in [4.78, 5) is 2.36. The Bertz CT molecular complexity index is 354. The highest BCUT2D eigenvalue weighted by molar-refractivity contribution is 5.27. The molecule has 0 atom stereocenters. The molecule has 19 heavy (non-hydrogen) atoms. The number of ether oxygens (including phenoxy) is 1. The van der Waals surface area contributed by atoms with Crippen LogP contribution in [0, 0.1) is 0 Å². The monoisotopic (exact) mass is 264 g/mol. The first-order valence-electron chi connectivity index (χ1n) is 6.97. The molecule has 3 heteroatoms. The third kappa shape index (κ3) is 7.19. The van der Waals surface area contributed by atoms with Gasteiger partial charge in [-0.05, 0) is 51.9 Å². The summed E-state index contributed by atoms with van der Waals surface area (Å²) in [6.45, 7) is 9.78. The van der Waals surface area contributed by atoms with Gasteiger partial charge in [-0.1, -0.05) is 12.1 Å². The van der Waals surface area contributed by atoms with Crippen molar-refractivity contribution in [2.75, 3.05) is 33.8 Å². The number of methoxy groups -OCH3 is 1. The average molecular weight is 264 g/mol. The van der Waals surface area contributed by atoms with Gasteiger partial charge in [0.2, 0.25) is 0 Å². The van der Waals surface area contributed by atoms with E-state index in [2.05, 4.69) is 50.2 Å². The predicted octanol–water partition coefficient (Wildman–Crippen LogP) is 2.56. The van der Waals surface area contributed by atoms with Gasteiger partial charge in [-0.25, -0.2) is 0 Å². The highest BCUT2D eigenvalue weighted by atomic mass is 16.5. The Balaban J connectivity index is 2.23. The lowest BCUT2D eigenvalue weighted by Crippen LogP contribution is -2.40. The van der Waals surface area contributed by atoms with E-state index in [0.717, 1.165) is 31.8 Å². The molecule has 1 rings (SSSR count). The minimum absolute atomic E-state index is 0.205. The van der Waals surface area contributed by atoms with E-state index in [9.17, 15) is 0 Å². The van der Waals surface area contributed by atoms with E-state index in [1.54, 1.807) is 7.11 Å². The number of rotatable bonds is 7. The fourth-order valence-electron chi connectivity index (χ4n) is 1.85. The van der Waals surface area contributed by atoms with Gasteiger partial charge in [-0.15, -0.1) is 0 Å². The van der Waals surface area contributed by atoms with Crippen LogP contribution >= 0.6 is 0 Å². The maximum absolute atomic E-state index is 5.16. The van der Waals surface area contributed by atoms with Gasteiger partial charge in [-0.3, -0.25) is 0 Å². The van der Waals surface area contributed by atoms with Gasteiger partial charge in [0.25, 0.3) is 0 Å². The molecule has 0 heterocycles. The van der Waals surface area contributed by atoms with Crippen molar-refractivity contribution in [1.29, 1.82) is 0 Å². The van der Waals surface area contributed by atoms with Crippen LogP contribution in [0.25, 0.3) is 0 Å². The van der Waals surface area contributed by atoms with E-state index in [1.165, 1.54) is 5.56 Å². The minimum Gasteiger partial charge on any atom is -0.497 e. The molecule has 1 aromatic carbocycles. The van der Waals surface area contributed by atoms with E-state index in [-0.39, 0.29) is 5.54 Å². The van der Waals surface area contributed by atoms with Crippen LogP contribution < -0.4 is 10.1 Å². The second-order valence-electron chi connectivity index (χ2n) is 6.08. The SMILES string of the molecule is COc1ccc(CCN(C)CCNC(C)(C)C)cc1. The average Bonchev–Trinajstić information content (AvgIpc) is 2.35. The van der Waals surface area contributed by atoms with Crippen LogP contribution in [0.5, 0.6) is 5.75 Å². The zero-order valence-electron chi connectivity index (χ0n) is 13.0. The Morgan fingerprint density at radius 3 is 2.26 bits per heavy atom. The molecule has 0 bridgehead atoms. The lowest BCUT2D eigenvalue weighted by atomic mass is 10.1. The fourth-order valence-corrected chi connectivity index (χ4v) is 1.85. The second-order valence-corrected chi connectivity index (χ2v) is 6.08. The smallest absolute Gasteiger partial charge is 0.118 e. The highest BCUT2D eigenvalue weighted by Crippen LogP contribution is 2.11. The van der Waals surface area contributed by atoms with Crippen LogP contribution in [0.3, 0.4) is 0 Å². The Hall–Kier alpha value is -1.06. The lowest BCUT2D eigenvalue weighted by Gasteiger charge is -2.23. The van der Waals surface area contributed by atoms with Crippen molar-refractivity contribution >= 4 is 0 Å². The number of hydrogen-bond donors (Lipinski definition) is 1. The van der Waals surface area contributed by atoms with Gasteiger partial charge in [0.1, 0.15) is 5.75 Å². The third-order valence-corrected chi connectivity index (χ3v) is 3.09. The maximum atomic E-state index is 5.16. The lowest BCUT2D eigenvalue weighted by molar-refractivity contribution is 0.312. The summed E-state index contributed by atoms with van der Waals surface area (Å²) >= 11 is 0. The molecule has 0 aromatic heterocycles. The number of nitrogens with zero attached hydrogens (tertiary/aromatic N) is 1. The number of likely N-dealkylation sites (N-methyl/N-ethyl adjacent to an activating group) is 1. The summed E-state index contributed by atoms with van der Waals surface area (Å²) in [6, 6.07) is 8.33. The van der Waals surface area contributed by atoms with E-state index in [1.807, 2.05) is 12.1 Å². The molecule has 0 fully saturated rings. The molecule has 1 aromatic rings. The topological polar surface area (TPSA) is 24.5 Å². The zero-order chi connectivity index (χ0) is 14.3. The standard InChI is InChI=1S/C16H28N2O/c1-16(2,3)17-11-13-18(4)12-10-14-6-8-15(19-5)9-7-14/h6-9,17H,10-13H2,1-5H3. The largest absolute Gasteiger partial charge is 0.497 e. The van der Waals surface area contributed by atoms with Crippen LogP contribution in [0.4, 0.5) is 0 Å². The Morgan fingerprint density at radius 2 is 1.74 bits per heavy atom. The van der Waals surface area contributed by atoms with Crippen molar-refractivity contribution in [1.82, 2.24) is 10.2 Å². The number of benzene rings is 1. The summed E-state index contributed by atoms with van der Waals surface area (Å²) in [6.07, 6.45) is 1.08. The van der Waals surface area contributed by atoms with Crippen molar-refractivity contribution in [2.24, 2.45) is 0 Å². The minimum atomic E-state index is 0.205. The first-order chi connectivity index (χ1) is 8.90. The fraction of sp³-hybridized carbons (Fsp3) is 0.625. The van der Waals surface area contributed by atoms with Gasteiger partial charge < -0.3 is 15.0 Å². The first-order valence-corrected chi connectivity index (χ1v) is 6.97. The number of hydrogen-bond acceptors (Lipinski definition) is 3. The molecule has 0 aliphatic heterocycles. The summed E-state index contributed by atoms with van der Waals surface area (Å²) < 4.78 is 5.16. The Labute approximate surface area is 118 Å². The van der Waals surface area contributed by atoms with Gasteiger partial charge in [0, 0.05) is 25.2 Å². The molecular weight excluding hydrogens is 236 g/mol. The zero-order valence-corrected chi connectivity index (χ0v) is 13.0. The molecule has 108 valence electrons. The molecule has 0 aliphatic rings. The Morgan fingerprint density at radius 1 is 1.11 bits per heavy atom. The van der Waals surface area contributed by atoms with Gasteiger partial charge in [-0.2, -0.15) is 0 Å². The molecular formula is C16H28N2O. The van der Waals surface area contributed by atoms with Crippen molar-refractivity contribution in [3.05, 3.63) is 29.8 Å². The van der Waals surface area contributed by atoms with Crippen molar-refractivity contribution in [3.63, 3.8) is 0 Å². The van der Waals surface area contributed by atoms with Crippen LogP contribution in [0.15, 0.2) is 24.3 Å². The second kappa shape index (κ2) is 7.51. The first kappa shape index (κ1) is 16.0. The molecule has 0 radical (unpaired) electrons. The number of nitrogens with one attached hydrogen (secondary N) is 1. The normalized spacial score (nSPS) is 11.9. The van der Waals surface area contributed by atoms with Crippen LogP contribution in [-0.4, -0.2) is 44.2 Å². The third-order valence-electron chi connectivity index (χ3n) is 3.09. The maximum Gasteiger partial charge on any atom is 0.118 e. The van der Waals surface area contributed by atoms with Crippen LogP contribution in [-0.2, 0) is 6.42 Å². The van der Waals surface area contributed by atoms with E-state index in [0.29, 0.717) is 0 Å². The van der Waals surface area contributed by atoms with E-state index in [4.69, 9.17) is 4.74 Å². The molecule has 0 saturated heterocycles. The molecule has 0 saturated carbocycles. The summed E-state index contributed by atoms with van der Waals surface area (Å²) in [7, 11) is 3.87. The summed E-state index contributed by atoms with van der Waals surface area (Å²) in [5, 5.41) is 3.51. The Kier molecular flexibility index (Phi) is 6.32. The molecule has 0 aliphatic carbocycles. The molecule has 0 amide bonds. The highest BCUT2D eigenvalue weighted by Gasteiger charge is 2.08. The van der Waals surface area contributed by atoms with Gasteiger partial charge >= 0.3 is 0 Å². The van der Waals surface area contributed by atoms with Crippen LogP contribution in [0.2, 0.25) is 0 Å². The van der Waals surface area contributed by atoms with Crippen molar-refractivity contribution in [3.8, 4) is 5.75 Å². The van der Waals surface area contributed by atoms with Gasteiger partial charge in [0.05, 0.1) is 7.11 Å². The summed E-state index contributed by atoms with van der Waals surface area (Å²) in [5.41, 5.74) is 1.56. The molecule has 0 spiro atoms.